The first-order valence-corrected chi connectivity index (χ1v) is 14.1. The molecule has 1 aromatic carbocycles. The minimum absolute atomic E-state index is 0.119. The van der Waals surface area contributed by atoms with E-state index in [1.54, 1.807) is 4.68 Å². The second-order valence-corrected chi connectivity index (χ2v) is 11.5. The van der Waals surface area contributed by atoms with Crippen LogP contribution < -0.4 is 14.5 Å². The molecule has 202 valence electrons. The summed E-state index contributed by atoms with van der Waals surface area (Å²) in [5.41, 5.74) is 5.44. The van der Waals surface area contributed by atoms with Crippen molar-refractivity contribution in [3.05, 3.63) is 36.2 Å². The third-order valence-electron chi connectivity index (χ3n) is 7.72. The lowest BCUT2D eigenvalue weighted by atomic mass is 10.1. The molecule has 1 aliphatic carbocycles. The summed E-state index contributed by atoms with van der Waals surface area (Å²) in [5, 5.41) is 18.0. The molecule has 2 aromatic heterocycles. The van der Waals surface area contributed by atoms with Crippen LogP contribution in [-0.4, -0.2) is 74.5 Å². The van der Waals surface area contributed by atoms with Crippen molar-refractivity contribution in [2.45, 2.75) is 45.0 Å². The number of halogens is 2. The van der Waals surface area contributed by atoms with Gasteiger partial charge in [-0.2, -0.15) is 0 Å². The number of nitrogens with zero attached hydrogens (tertiary/aromatic N) is 7. The van der Waals surface area contributed by atoms with Gasteiger partial charge >= 0.3 is 0 Å². The smallest absolute Gasteiger partial charge is 0.251 e. The lowest BCUT2D eigenvalue weighted by Crippen LogP contribution is -2.40. The van der Waals surface area contributed by atoms with Gasteiger partial charge in [0.25, 0.3) is 5.92 Å². The Morgan fingerprint density at radius 1 is 0.974 bits per heavy atom. The molecule has 3 aromatic rings. The molecule has 0 amide bonds. The molecule has 2 saturated heterocycles. The minimum atomic E-state index is -2.62. The third kappa shape index (κ3) is 5.28. The fourth-order valence-corrected chi connectivity index (χ4v) is 5.78. The van der Waals surface area contributed by atoms with E-state index in [9.17, 15) is 8.78 Å². The number of aromatic nitrogens is 5. The molecule has 38 heavy (non-hydrogen) atoms. The highest BCUT2D eigenvalue weighted by Crippen LogP contribution is 2.54. The van der Waals surface area contributed by atoms with Crippen molar-refractivity contribution in [1.29, 1.82) is 0 Å². The van der Waals surface area contributed by atoms with E-state index < -0.39 is 5.92 Å². The van der Waals surface area contributed by atoms with Gasteiger partial charge in [-0.05, 0) is 55.9 Å². The molecule has 4 heterocycles. The van der Waals surface area contributed by atoms with E-state index in [2.05, 4.69) is 36.0 Å². The molecule has 9 nitrogen and oxygen atoms in total. The Hall–Kier alpha value is -2.99. The average Bonchev–Trinajstić information content (AvgIpc) is 3.28. The number of aryl methyl sites for hydroxylation is 1. The van der Waals surface area contributed by atoms with Gasteiger partial charge in [-0.3, -0.25) is 0 Å². The predicted molar refractivity (Wildman–Crippen MR) is 145 cm³/mol. The zero-order chi connectivity index (χ0) is 26.3. The topological polar surface area (TPSA) is 95.2 Å². The van der Waals surface area contributed by atoms with Gasteiger partial charge in [0.1, 0.15) is 5.69 Å². The summed E-state index contributed by atoms with van der Waals surface area (Å²) in [6.07, 6.45) is 5.27. The zero-order valence-electron chi connectivity index (χ0n) is 21.4. The van der Waals surface area contributed by atoms with Crippen LogP contribution in [0.3, 0.4) is 0 Å². The fraction of sp³-hybridized carbons (Fsp3) is 0.538. The number of aliphatic hydroxyl groups is 1. The number of alkyl halides is 2. The molecule has 0 bridgehead atoms. The van der Waals surface area contributed by atoms with Crippen LogP contribution >= 0.6 is 11.9 Å². The number of hydrogen-bond donors (Lipinski definition) is 2. The number of nitrogens with one attached hydrogen (secondary N) is 1. The number of rotatable bonds is 8. The Labute approximate surface area is 224 Å². The fourth-order valence-electron chi connectivity index (χ4n) is 5.30. The number of benzene rings is 1. The van der Waals surface area contributed by atoms with Gasteiger partial charge in [0.2, 0.25) is 5.95 Å². The van der Waals surface area contributed by atoms with E-state index in [0.717, 1.165) is 35.8 Å². The summed E-state index contributed by atoms with van der Waals surface area (Å²) in [4.78, 5) is 13.4. The van der Waals surface area contributed by atoms with Crippen molar-refractivity contribution < 1.29 is 13.9 Å². The van der Waals surface area contributed by atoms with E-state index in [1.165, 1.54) is 31.2 Å². The largest absolute Gasteiger partial charge is 0.395 e. The molecule has 0 radical (unpaired) electrons. The SMILES string of the molecule is Cc1cc(-c2cn(-c3ccc(NSCCO)cc3N3CCC4(CC4)C3)nn2)nc(N2CCC(F)(F)CC2)n1. The predicted octanol–water partition coefficient (Wildman–Crippen LogP) is 4.31. The Kier molecular flexibility index (Phi) is 6.63. The lowest BCUT2D eigenvalue weighted by molar-refractivity contribution is -0.0222. The van der Waals surface area contributed by atoms with Crippen molar-refractivity contribution in [3.63, 3.8) is 0 Å². The molecule has 0 atom stereocenters. The first-order chi connectivity index (χ1) is 18.3. The second-order valence-electron chi connectivity index (χ2n) is 10.6. The van der Waals surface area contributed by atoms with Gasteiger partial charge in [-0.25, -0.2) is 23.4 Å². The summed E-state index contributed by atoms with van der Waals surface area (Å²) in [6.45, 7) is 4.48. The van der Waals surface area contributed by atoms with Crippen LogP contribution in [0.4, 0.5) is 26.1 Å². The van der Waals surface area contributed by atoms with Crippen molar-refractivity contribution in [3.8, 4) is 17.1 Å². The van der Waals surface area contributed by atoms with Crippen molar-refractivity contribution >= 4 is 29.3 Å². The molecular weight excluding hydrogens is 510 g/mol. The van der Waals surface area contributed by atoms with Crippen LogP contribution in [0.25, 0.3) is 17.1 Å². The van der Waals surface area contributed by atoms with Crippen LogP contribution in [0, 0.1) is 12.3 Å². The van der Waals surface area contributed by atoms with E-state index in [-0.39, 0.29) is 32.5 Å². The Morgan fingerprint density at radius 3 is 2.50 bits per heavy atom. The van der Waals surface area contributed by atoms with Gasteiger partial charge in [0.05, 0.1) is 29.9 Å². The second kappa shape index (κ2) is 9.96. The number of anilines is 3. The molecule has 3 fully saturated rings. The van der Waals surface area contributed by atoms with Crippen LogP contribution in [0.5, 0.6) is 0 Å². The van der Waals surface area contributed by atoms with Crippen molar-refractivity contribution in [2.24, 2.45) is 5.41 Å². The molecule has 1 saturated carbocycles. The maximum atomic E-state index is 13.7. The van der Waals surface area contributed by atoms with Crippen LogP contribution in [-0.2, 0) is 0 Å². The first kappa shape index (κ1) is 25.3. The zero-order valence-corrected chi connectivity index (χ0v) is 22.2. The maximum absolute atomic E-state index is 13.7. The highest BCUT2D eigenvalue weighted by Gasteiger charge is 2.48. The summed E-state index contributed by atoms with van der Waals surface area (Å²) in [7, 11) is 0. The van der Waals surface area contributed by atoms with E-state index in [4.69, 9.17) is 5.11 Å². The summed E-state index contributed by atoms with van der Waals surface area (Å²) in [6, 6.07) is 8.03. The van der Waals surface area contributed by atoms with E-state index >= 15 is 0 Å². The summed E-state index contributed by atoms with van der Waals surface area (Å²) >= 11 is 1.47. The minimum Gasteiger partial charge on any atom is -0.395 e. The van der Waals surface area contributed by atoms with Crippen LogP contribution in [0.2, 0.25) is 0 Å². The van der Waals surface area contributed by atoms with Gasteiger partial charge in [0, 0.05) is 56.2 Å². The summed E-state index contributed by atoms with van der Waals surface area (Å²) in [5.74, 6) is -1.56. The highest BCUT2D eigenvalue weighted by molar-refractivity contribution is 8.00. The maximum Gasteiger partial charge on any atom is 0.251 e. The molecule has 6 rings (SSSR count). The van der Waals surface area contributed by atoms with Crippen LogP contribution in [0.1, 0.15) is 37.8 Å². The Balaban J connectivity index is 1.28. The quantitative estimate of drug-likeness (QED) is 0.319. The first-order valence-electron chi connectivity index (χ1n) is 13.1. The number of aliphatic hydroxyl groups excluding tert-OH is 1. The van der Waals surface area contributed by atoms with Gasteiger partial charge in [-0.15, -0.1) is 5.10 Å². The molecule has 0 unspecified atom stereocenters. The molecule has 1 spiro atoms. The molecule has 12 heteroatoms. The van der Waals surface area contributed by atoms with Gasteiger partial charge in [-0.1, -0.05) is 17.2 Å². The molecule has 3 aliphatic rings. The Bertz CT molecular complexity index is 1300. The summed E-state index contributed by atoms with van der Waals surface area (Å²) < 4.78 is 32.4. The van der Waals surface area contributed by atoms with Crippen LogP contribution in [0.15, 0.2) is 30.5 Å². The van der Waals surface area contributed by atoms with E-state index in [0.29, 0.717) is 28.5 Å². The number of piperidine rings is 1. The van der Waals surface area contributed by atoms with E-state index in [1.807, 2.05) is 36.2 Å². The molecule has 2 aliphatic heterocycles. The van der Waals surface area contributed by atoms with Gasteiger partial charge in [0.15, 0.2) is 0 Å². The highest BCUT2D eigenvalue weighted by atomic mass is 32.2. The molecule has 2 N–H and O–H groups in total. The lowest BCUT2D eigenvalue weighted by Gasteiger charge is -2.31. The monoisotopic (exact) mass is 542 g/mol. The average molecular weight is 543 g/mol. The van der Waals surface area contributed by atoms with Crippen molar-refractivity contribution in [2.75, 3.05) is 53.1 Å². The molecular formula is C26H32F2N8OS. The number of hydrogen-bond acceptors (Lipinski definition) is 9. The third-order valence-corrected chi connectivity index (χ3v) is 8.48. The normalized spacial score (nSPS) is 19.8. The standard InChI is InChI=1S/C26H32F2N8OS/c1-18-14-20(30-24(29-18)34-10-7-26(27,28)8-11-34)21-16-36(33-31-21)22-3-2-19(32-38-13-12-37)15-23(22)35-9-6-25(17-35)4-5-25/h2-3,14-16,32,37H,4-13,17H2,1H3. The van der Waals surface area contributed by atoms with Crippen molar-refractivity contribution in [1.82, 2.24) is 25.0 Å². The van der Waals surface area contributed by atoms with Gasteiger partial charge < -0.3 is 19.6 Å². The Morgan fingerprint density at radius 2 is 1.76 bits per heavy atom.